The van der Waals surface area contributed by atoms with E-state index in [1.807, 2.05) is 31.1 Å². The molecule has 0 unspecified atom stereocenters. The molecule has 0 saturated carbocycles. The Kier molecular flexibility index (Phi) is 5.80. The lowest BCUT2D eigenvalue weighted by Crippen LogP contribution is -2.32. The number of hydrogen-bond donors (Lipinski definition) is 1. The molecule has 0 atom stereocenters. The first-order valence-electron chi connectivity index (χ1n) is 10.0. The molecule has 0 radical (unpaired) electrons. The summed E-state index contributed by atoms with van der Waals surface area (Å²) in [5.74, 6) is -3.89. The number of non-ortho nitro benzene ring substituents is 1. The first-order chi connectivity index (χ1) is 16.2. The zero-order valence-electron chi connectivity index (χ0n) is 18.1. The second kappa shape index (κ2) is 8.74. The largest absolute Gasteiger partial charge is 0.378 e. The number of nitro benzene ring substituents is 1. The van der Waals surface area contributed by atoms with E-state index in [2.05, 4.69) is 5.32 Å². The minimum atomic E-state index is -1.21. The van der Waals surface area contributed by atoms with Crippen molar-refractivity contribution in [3.05, 3.63) is 99.7 Å². The summed E-state index contributed by atoms with van der Waals surface area (Å²) in [6, 6.07) is 14.9. The minimum Gasteiger partial charge on any atom is -0.378 e. The standard InChI is InChI=1S/C24H18F2N4O4/c1-28(2)16-9-5-15(6-10-16)27-22-21(14-3-7-17(8-4-14)30(33)34)23(31)29(24(22)32)18-11-12-19(25)20(26)13-18/h3-13,27H,1-2H3. The summed E-state index contributed by atoms with van der Waals surface area (Å²) in [6.07, 6.45) is 0. The van der Waals surface area contributed by atoms with Crippen LogP contribution in [0.3, 0.4) is 0 Å². The third kappa shape index (κ3) is 4.08. The number of nitrogens with one attached hydrogen (secondary N) is 1. The molecule has 4 rings (SSSR count). The van der Waals surface area contributed by atoms with Gasteiger partial charge in [0, 0.05) is 43.7 Å². The molecule has 0 fully saturated rings. The van der Waals surface area contributed by atoms with E-state index in [0.29, 0.717) is 5.69 Å². The quantitative estimate of drug-likeness (QED) is 0.331. The molecular weight excluding hydrogens is 446 g/mol. The zero-order valence-corrected chi connectivity index (χ0v) is 18.1. The SMILES string of the molecule is CN(C)c1ccc(NC2=C(c3ccc([N+](=O)[O-])cc3)C(=O)N(c3ccc(F)c(F)c3)C2=O)cc1. The highest BCUT2D eigenvalue weighted by Crippen LogP contribution is 2.35. The van der Waals surface area contributed by atoms with E-state index < -0.39 is 28.4 Å². The van der Waals surface area contributed by atoms with Crippen molar-refractivity contribution in [2.24, 2.45) is 0 Å². The number of halogens is 2. The average Bonchev–Trinajstić information content (AvgIpc) is 3.05. The molecule has 34 heavy (non-hydrogen) atoms. The maximum absolute atomic E-state index is 13.9. The van der Waals surface area contributed by atoms with Crippen molar-refractivity contribution >= 4 is 40.1 Å². The molecule has 1 aliphatic rings. The van der Waals surface area contributed by atoms with Crippen molar-refractivity contribution in [2.45, 2.75) is 0 Å². The maximum Gasteiger partial charge on any atom is 0.282 e. The Bertz CT molecular complexity index is 1340. The maximum atomic E-state index is 13.9. The number of carbonyl (C=O) groups excluding carboxylic acids is 2. The Hall–Kier alpha value is -4.60. The number of rotatable bonds is 6. The Labute approximate surface area is 192 Å². The summed E-state index contributed by atoms with van der Waals surface area (Å²) < 4.78 is 27.3. The first-order valence-corrected chi connectivity index (χ1v) is 10.0. The lowest BCUT2D eigenvalue weighted by atomic mass is 10.0. The predicted octanol–water partition coefficient (Wildman–Crippen LogP) is 4.34. The highest BCUT2D eigenvalue weighted by atomic mass is 19.2. The van der Waals surface area contributed by atoms with Gasteiger partial charge >= 0.3 is 0 Å². The van der Waals surface area contributed by atoms with Gasteiger partial charge in [0.2, 0.25) is 0 Å². The van der Waals surface area contributed by atoms with Crippen LogP contribution in [0.2, 0.25) is 0 Å². The molecular formula is C24H18F2N4O4. The van der Waals surface area contributed by atoms with E-state index in [9.17, 15) is 28.5 Å². The van der Waals surface area contributed by atoms with E-state index >= 15 is 0 Å². The van der Waals surface area contributed by atoms with Crippen LogP contribution in [0, 0.1) is 21.7 Å². The fraction of sp³-hybridized carbons (Fsp3) is 0.0833. The monoisotopic (exact) mass is 464 g/mol. The molecule has 3 aromatic rings. The van der Waals surface area contributed by atoms with Crippen LogP contribution in [-0.4, -0.2) is 30.8 Å². The normalized spacial score (nSPS) is 13.5. The van der Waals surface area contributed by atoms with Crippen LogP contribution in [0.4, 0.5) is 31.5 Å². The smallest absolute Gasteiger partial charge is 0.282 e. The number of hydrogen-bond acceptors (Lipinski definition) is 6. The van der Waals surface area contributed by atoms with Gasteiger partial charge < -0.3 is 10.2 Å². The molecule has 10 heteroatoms. The summed E-state index contributed by atoms with van der Waals surface area (Å²) in [4.78, 5) is 39.7. The van der Waals surface area contributed by atoms with E-state index in [1.165, 1.54) is 24.3 Å². The van der Waals surface area contributed by atoms with Crippen LogP contribution in [0.5, 0.6) is 0 Å². The number of imide groups is 1. The number of benzene rings is 3. The van der Waals surface area contributed by atoms with Gasteiger partial charge in [0.15, 0.2) is 11.6 Å². The summed E-state index contributed by atoms with van der Waals surface area (Å²) in [5.41, 5.74) is 1.19. The molecule has 1 N–H and O–H groups in total. The van der Waals surface area contributed by atoms with Crippen molar-refractivity contribution in [3.63, 3.8) is 0 Å². The van der Waals surface area contributed by atoms with Crippen LogP contribution in [0.1, 0.15) is 5.56 Å². The van der Waals surface area contributed by atoms with Gasteiger partial charge in [-0.25, -0.2) is 13.7 Å². The lowest BCUT2D eigenvalue weighted by Gasteiger charge is -2.16. The second-order valence-electron chi connectivity index (χ2n) is 7.66. The Morgan fingerprint density at radius 1 is 0.882 bits per heavy atom. The fourth-order valence-electron chi connectivity index (χ4n) is 3.51. The van der Waals surface area contributed by atoms with E-state index in [1.54, 1.807) is 12.1 Å². The van der Waals surface area contributed by atoms with Crippen LogP contribution >= 0.6 is 0 Å². The van der Waals surface area contributed by atoms with Crippen LogP contribution in [0.15, 0.2) is 72.4 Å². The van der Waals surface area contributed by atoms with Crippen molar-refractivity contribution in [1.29, 1.82) is 0 Å². The molecule has 3 aromatic carbocycles. The molecule has 0 bridgehead atoms. The van der Waals surface area contributed by atoms with Gasteiger partial charge in [-0.2, -0.15) is 0 Å². The van der Waals surface area contributed by atoms with Gasteiger partial charge in [-0.1, -0.05) is 0 Å². The molecule has 0 aliphatic carbocycles. The number of nitro groups is 1. The Morgan fingerprint density at radius 2 is 1.53 bits per heavy atom. The molecule has 0 saturated heterocycles. The van der Waals surface area contributed by atoms with Gasteiger partial charge in [0.25, 0.3) is 17.5 Å². The highest BCUT2D eigenvalue weighted by Gasteiger charge is 2.40. The van der Waals surface area contributed by atoms with Crippen LogP contribution in [0.25, 0.3) is 5.57 Å². The van der Waals surface area contributed by atoms with Gasteiger partial charge in [-0.3, -0.25) is 19.7 Å². The van der Waals surface area contributed by atoms with Gasteiger partial charge in [0.05, 0.1) is 16.2 Å². The molecule has 1 heterocycles. The fourth-order valence-corrected chi connectivity index (χ4v) is 3.51. The molecule has 2 amide bonds. The third-order valence-corrected chi connectivity index (χ3v) is 5.27. The molecule has 0 aromatic heterocycles. The van der Waals surface area contributed by atoms with Crippen molar-refractivity contribution in [2.75, 3.05) is 29.2 Å². The number of amides is 2. The average molecular weight is 464 g/mol. The van der Waals surface area contributed by atoms with E-state index in [4.69, 9.17) is 0 Å². The molecule has 172 valence electrons. The number of anilines is 3. The molecule has 0 spiro atoms. The van der Waals surface area contributed by atoms with Crippen molar-refractivity contribution < 1.29 is 23.3 Å². The topological polar surface area (TPSA) is 95.8 Å². The summed E-state index contributed by atoms with van der Waals surface area (Å²) in [6.45, 7) is 0. The van der Waals surface area contributed by atoms with E-state index in [-0.39, 0.29) is 28.2 Å². The first kappa shape index (κ1) is 22.6. The third-order valence-electron chi connectivity index (χ3n) is 5.27. The minimum absolute atomic E-state index is 0.0543. The lowest BCUT2D eigenvalue weighted by molar-refractivity contribution is -0.384. The highest BCUT2D eigenvalue weighted by molar-refractivity contribution is 6.46. The Balaban J connectivity index is 1.79. The van der Waals surface area contributed by atoms with E-state index in [0.717, 1.165) is 28.8 Å². The van der Waals surface area contributed by atoms with Gasteiger partial charge in [-0.15, -0.1) is 0 Å². The van der Waals surface area contributed by atoms with Gasteiger partial charge in [-0.05, 0) is 54.1 Å². The second-order valence-corrected chi connectivity index (χ2v) is 7.66. The molecule has 1 aliphatic heterocycles. The number of carbonyl (C=O) groups is 2. The molecule has 8 nitrogen and oxygen atoms in total. The Morgan fingerprint density at radius 3 is 2.09 bits per heavy atom. The van der Waals surface area contributed by atoms with Gasteiger partial charge in [0.1, 0.15) is 5.70 Å². The summed E-state index contributed by atoms with van der Waals surface area (Å²) in [7, 11) is 3.74. The summed E-state index contributed by atoms with van der Waals surface area (Å²) >= 11 is 0. The number of nitrogens with zero attached hydrogens (tertiary/aromatic N) is 3. The van der Waals surface area contributed by atoms with Crippen molar-refractivity contribution in [1.82, 2.24) is 0 Å². The zero-order chi connectivity index (χ0) is 24.6. The van der Waals surface area contributed by atoms with Crippen LogP contribution < -0.4 is 15.1 Å². The predicted molar refractivity (Wildman–Crippen MR) is 123 cm³/mol. The van der Waals surface area contributed by atoms with Crippen molar-refractivity contribution in [3.8, 4) is 0 Å². The van der Waals surface area contributed by atoms with Crippen LogP contribution in [-0.2, 0) is 9.59 Å². The summed E-state index contributed by atoms with van der Waals surface area (Å²) in [5, 5.41) is 14.0.